The van der Waals surface area contributed by atoms with Crippen LogP contribution in [0.15, 0.2) is 12.7 Å². The van der Waals surface area contributed by atoms with Crippen LogP contribution in [0.4, 0.5) is 0 Å². The molecule has 0 amide bonds. The lowest BCUT2D eigenvalue weighted by atomic mass is 9.90. The van der Waals surface area contributed by atoms with Crippen LogP contribution < -0.4 is 9.79 Å². The number of phosphoric ester groups is 1. The van der Waals surface area contributed by atoms with Crippen molar-refractivity contribution in [3.63, 3.8) is 0 Å². The van der Waals surface area contributed by atoms with E-state index in [1.165, 1.54) is 44.6 Å². The van der Waals surface area contributed by atoms with E-state index in [1.807, 2.05) is 0 Å². The van der Waals surface area contributed by atoms with Crippen LogP contribution in [0.1, 0.15) is 92.4 Å². The molecule has 0 heterocycles. The minimum absolute atomic E-state index is 0.501. The molecule has 0 aliphatic heterocycles. The fourth-order valence-corrected chi connectivity index (χ4v) is 3.90. The van der Waals surface area contributed by atoms with Gasteiger partial charge in [0.05, 0.1) is 13.4 Å². The van der Waals surface area contributed by atoms with Crippen LogP contribution in [0.2, 0.25) is 0 Å². The van der Waals surface area contributed by atoms with Gasteiger partial charge in [0, 0.05) is 0 Å². The molecule has 4 nitrogen and oxygen atoms in total. The Labute approximate surface area is 155 Å². The highest BCUT2D eigenvalue weighted by Crippen LogP contribution is 2.36. The molecule has 0 aliphatic rings. The van der Waals surface area contributed by atoms with Gasteiger partial charge in [-0.15, -0.1) is 6.58 Å². The van der Waals surface area contributed by atoms with Crippen molar-refractivity contribution in [2.45, 2.75) is 98.0 Å². The molecule has 0 N–H and O–H groups in total. The Morgan fingerprint density at radius 3 is 1.80 bits per heavy atom. The summed E-state index contributed by atoms with van der Waals surface area (Å²) in [5.41, 5.74) is -1.08. The first-order chi connectivity index (χ1) is 11.5. The van der Waals surface area contributed by atoms with E-state index in [-0.39, 0.29) is 0 Å². The Hall–Kier alpha value is -0.150. The highest BCUT2D eigenvalue weighted by atomic mass is 31.2. The van der Waals surface area contributed by atoms with Gasteiger partial charge in [-0.3, -0.25) is 0 Å². The summed E-state index contributed by atoms with van der Waals surface area (Å²) in [5, 5.41) is 0. The molecule has 0 saturated heterocycles. The van der Waals surface area contributed by atoms with Gasteiger partial charge in [-0.25, -0.2) is 0 Å². The Morgan fingerprint density at radius 1 is 0.960 bits per heavy atom. The second-order valence-corrected chi connectivity index (χ2v) is 9.49. The van der Waals surface area contributed by atoms with Gasteiger partial charge in [0.15, 0.2) is 0 Å². The summed E-state index contributed by atoms with van der Waals surface area (Å²) in [6.45, 7) is 14.3. The first kappa shape index (κ1) is 24.8. The van der Waals surface area contributed by atoms with E-state index in [0.717, 1.165) is 24.7 Å². The summed E-state index contributed by atoms with van der Waals surface area (Å²) < 4.78 is 15.5. The lowest BCUT2D eigenvalue weighted by Gasteiger charge is -2.38. The standard InChI is InChI=1S/C20H41O4P/c1-7-20(6,24-25(21,22)23)16-10-15-19(5)14-9-13-18(4)12-8-11-17(2)3/h7,17-19H,1,8-16H2,2-6H3,(H2,21,22,23)/p-2. The Bertz CT molecular complexity index is 405. The van der Waals surface area contributed by atoms with Crippen LogP contribution in [-0.2, 0) is 9.09 Å². The molecular formula is C20H39O4P-2. The third-order valence-corrected chi connectivity index (χ3v) is 5.64. The Morgan fingerprint density at radius 2 is 1.40 bits per heavy atom. The summed E-state index contributed by atoms with van der Waals surface area (Å²) in [5.74, 6) is 2.20. The first-order valence-electron chi connectivity index (χ1n) is 9.84. The van der Waals surface area contributed by atoms with Crippen molar-refractivity contribution in [1.29, 1.82) is 0 Å². The normalized spacial score (nSPS) is 17.3. The zero-order valence-electron chi connectivity index (χ0n) is 17.0. The first-order valence-corrected chi connectivity index (χ1v) is 11.3. The predicted molar refractivity (Wildman–Crippen MR) is 102 cm³/mol. The van der Waals surface area contributed by atoms with Gasteiger partial charge in [-0.1, -0.05) is 78.7 Å². The van der Waals surface area contributed by atoms with E-state index >= 15 is 0 Å². The van der Waals surface area contributed by atoms with E-state index < -0.39 is 13.4 Å². The van der Waals surface area contributed by atoms with Crippen molar-refractivity contribution in [2.24, 2.45) is 17.8 Å². The molecule has 0 spiro atoms. The van der Waals surface area contributed by atoms with Crippen molar-refractivity contribution >= 4 is 7.82 Å². The Kier molecular flexibility index (Phi) is 12.2. The number of hydrogen-bond donors (Lipinski definition) is 0. The maximum Gasteiger partial charge on any atom is 0.0883 e. The second-order valence-electron chi connectivity index (χ2n) is 8.41. The summed E-state index contributed by atoms with van der Waals surface area (Å²) >= 11 is 0. The van der Waals surface area contributed by atoms with Gasteiger partial charge >= 0.3 is 0 Å². The molecule has 25 heavy (non-hydrogen) atoms. The molecule has 3 atom stereocenters. The quantitative estimate of drug-likeness (QED) is 0.291. The van der Waals surface area contributed by atoms with Crippen molar-refractivity contribution in [3.8, 4) is 0 Å². The second kappa shape index (κ2) is 12.3. The maximum atomic E-state index is 10.8. The molecule has 0 aromatic carbocycles. The number of phosphoric acid groups is 1. The van der Waals surface area contributed by atoms with Gasteiger partial charge in [0.25, 0.3) is 0 Å². The highest BCUT2D eigenvalue weighted by Gasteiger charge is 2.22. The smallest absolute Gasteiger partial charge is 0.0883 e. The molecule has 150 valence electrons. The fourth-order valence-electron chi connectivity index (χ4n) is 3.22. The molecule has 0 bridgehead atoms. The summed E-state index contributed by atoms with van der Waals surface area (Å²) in [6.07, 6.45) is 11.5. The monoisotopic (exact) mass is 374 g/mol. The van der Waals surface area contributed by atoms with Gasteiger partial charge in [0.1, 0.15) is 0 Å². The molecule has 0 aliphatic carbocycles. The van der Waals surface area contributed by atoms with Crippen molar-refractivity contribution in [1.82, 2.24) is 0 Å². The Balaban J connectivity index is 3.91. The largest absolute Gasteiger partial charge is 0.790 e. The molecule has 0 aromatic rings. The minimum atomic E-state index is -4.98. The third kappa shape index (κ3) is 14.7. The minimum Gasteiger partial charge on any atom is -0.790 e. The van der Waals surface area contributed by atoms with Crippen LogP contribution in [0.5, 0.6) is 0 Å². The van der Waals surface area contributed by atoms with Crippen LogP contribution in [0.3, 0.4) is 0 Å². The van der Waals surface area contributed by atoms with Crippen LogP contribution in [0, 0.1) is 17.8 Å². The van der Waals surface area contributed by atoms with Gasteiger partial charge in [-0.2, -0.15) is 0 Å². The predicted octanol–water partition coefficient (Wildman–Crippen LogP) is 5.22. The van der Waals surface area contributed by atoms with E-state index in [0.29, 0.717) is 12.3 Å². The van der Waals surface area contributed by atoms with Crippen molar-refractivity contribution in [3.05, 3.63) is 12.7 Å². The van der Waals surface area contributed by atoms with Crippen LogP contribution >= 0.6 is 7.82 Å². The summed E-state index contributed by atoms with van der Waals surface area (Å²) in [4.78, 5) is 21.6. The van der Waals surface area contributed by atoms with Crippen LogP contribution in [0.25, 0.3) is 0 Å². The summed E-state index contributed by atoms with van der Waals surface area (Å²) in [6, 6.07) is 0. The average Bonchev–Trinajstić information content (AvgIpc) is 2.45. The van der Waals surface area contributed by atoms with Crippen molar-refractivity contribution < 1.29 is 18.9 Å². The summed E-state index contributed by atoms with van der Waals surface area (Å²) in [7, 11) is -4.98. The molecule has 0 rings (SSSR count). The lowest BCUT2D eigenvalue weighted by molar-refractivity contribution is -0.347. The SMILES string of the molecule is C=CC(C)(CCCC(C)CCCC(C)CCCC(C)C)OP(=O)([O-])[O-]. The molecule has 3 unspecified atom stereocenters. The zero-order valence-corrected chi connectivity index (χ0v) is 17.9. The third-order valence-electron chi connectivity index (χ3n) is 4.99. The molecule has 0 saturated carbocycles. The van der Waals surface area contributed by atoms with Gasteiger partial charge < -0.3 is 18.9 Å². The van der Waals surface area contributed by atoms with Gasteiger partial charge in [0.2, 0.25) is 0 Å². The molecule has 0 fully saturated rings. The average molecular weight is 375 g/mol. The van der Waals surface area contributed by atoms with Gasteiger partial charge in [-0.05, 0) is 37.5 Å². The lowest BCUT2D eigenvalue weighted by Crippen LogP contribution is -2.31. The van der Waals surface area contributed by atoms with E-state index in [2.05, 4.69) is 38.8 Å². The highest BCUT2D eigenvalue weighted by molar-refractivity contribution is 7.43. The molecular weight excluding hydrogens is 335 g/mol. The van der Waals surface area contributed by atoms with Crippen LogP contribution in [-0.4, -0.2) is 5.60 Å². The molecule has 0 aromatic heterocycles. The van der Waals surface area contributed by atoms with E-state index in [1.54, 1.807) is 6.92 Å². The molecule has 0 radical (unpaired) electrons. The van der Waals surface area contributed by atoms with Crippen molar-refractivity contribution in [2.75, 3.05) is 0 Å². The van der Waals surface area contributed by atoms with E-state index in [4.69, 9.17) is 0 Å². The number of hydrogen-bond acceptors (Lipinski definition) is 4. The maximum absolute atomic E-state index is 10.8. The molecule has 5 heteroatoms. The fraction of sp³-hybridized carbons (Fsp3) is 0.900. The topological polar surface area (TPSA) is 72.4 Å². The number of rotatable bonds is 15. The zero-order chi connectivity index (χ0) is 19.5. The van der Waals surface area contributed by atoms with E-state index in [9.17, 15) is 14.4 Å².